The Morgan fingerprint density at radius 1 is 1.25 bits per heavy atom. The first-order valence-corrected chi connectivity index (χ1v) is 6.87. The molecule has 20 heavy (non-hydrogen) atoms. The highest BCUT2D eigenvalue weighted by molar-refractivity contribution is 6.30. The number of hydrazine groups is 1. The molecular formula is C16H18ClFN2. The minimum absolute atomic E-state index is 0.138. The fourth-order valence-corrected chi connectivity index (χ4v) is 2.60. The van der Waals surface area contributed by atoms with Crippen molar-refractivity contribution in [2.75, 3.05) is 0 Å². The highest BCUT2D eigenvalue weighted by Crippen LogP contribution is 2.25. The first-order chi connectivity index (χ1) is 9.52. The summed E-state index contributed by atoms with van der Waals surface area (Å²) >= 11 is 5.81. The van der Waals surface area contributed by atoms with Gasteiger partial charge in [-0.05, 0) is 43.0 Å². The molecule has 0 aliphatic rings. The number of hydrogen-bond acceptors (Lipinski definition) is 2. The van der Waals surface area contributed by atoms with Crippen LogP contribution in [0, 0.1) is 19.7 Å². The van der Waals surface area contributed by atoms with Crippen molar-refractivity contribution in [3.8, 4) is 0 Å². The average Bonchev–Trinajstić information content (AvgIpc) is 2.41. The van der Waals surface area contributed by atoms with E-state index in [2.05, 4.69) is 11.5 Å². The molecule has 0 radical (unpaired) electrons. The van der Waals surface area contributed by atoms with Crippen molar-refractivity contribution in [3.05, 3.63) is 69.5 Å². The van der Waals surface area contributed by atoms with E-state index in [-0.39, 0.29) is 16.9 Å². The molecule has 0 spiro atoms. The second-order valence-electron chi connectivity index (χ2n) is 5.00. The van der Waals surface area contributed by atoms with Crippen molar-refractivity contribution >= 4 is 11.6 Å². The van der Waals surface area contributed by atoms with Gasteiger partial charge < -0.3 is 0 Å². The molecule has 0 heterocycles. The first kappa shape index (κ1) is 15.0. The summed E-state index contributed by atoms with van der Waals surface area (Å²) in [5.74, 6) is 5.27. The Morgan fingerprint density at radius 3 is 2.65 bits per heavy atom. The number of nitrogens with two attached hydrogens (primary N) is 1. The van der Waals surface area contributed by atoms with E-state index in [9.17, 15) is 4.39 Å². The van der Waals surface area contributed by atoms with Crippen molar-refractivity contribution in [2.24, 2.45) is 5.84 Å². The standard InChI is InChI=1S/C16H18ClFN2/c1-10-6-7-13(11(2)8-10)15(20-19)9-12-4-3-5-14(17)16(12)18/h3-8,15,20H,9,19H2,1-2H3. The fourth-order valence-electron chi connectivity index (χ4n) is 2.40. The Kier molecular flexibility index (Phi) is 4.76. The van der Waals surface area contributed by atoms with E-state index in [0.717, 1.165) is 11.1 Å². The van der Waals surface area contributed by atoms with Gasteiger partial charge in [-0.3, -0.25) is 11.3 Å². The molecule has 0 saturated carbocycles. The molecule has 2 aromatic rings. The van der Waals surface area contributed by atoms with Gasteiger partial charge in [0.25, 0.3) is 0 Å². The van der Waals surface area contributed by atoms with Gasteiger partial charge in [0.1, 0.15) is 5.82 Å². The van der Waals surface area contributed by atoms with Crippen molar-refractivity contribution in [3.63, 3.8) is 0 Å². The number of benzene rings is 2. The first-order valence-electron chi connectivity index (χ1n) is 6.49. The molecule has 1 unspecified atom stereocenters. The lowest BCUT2D eigenvalue weighted by molar-refractivity contribution is 0.527. The molecule has 106 valence electrons. The minimum atomic E-state index is -0.376. The summed E-state index contributed by atoms with van der Waals surface area (Å²) in [6.45, 7) is 4.07. The molecule has 2 nitrogen and oxygen atoms in total. The van der Waals surface area contributed by atoms with Crippen molar-refractivity contribution in [1.29, 1.82) is 0 Å². The van der Waals surface area contributed by atoms with Crippen LogP contribution in [0.2, 0.25) is 5.02 Å². The molecule has 0 aliphatic heterocycles. The third-order valence-corrected chi connectivity index (χ3v) is 3.75. The van der Waals surface area contributed by atoms with Gasteiger partial charge in [-0.15, -0.1) is 0 Å². The average molecular weight is 293 g/mol. The second kappa shape index (κ2) is 6.35. The smallest absolute Gasteiger partial charge is 0.145 e. The molecular weight excluding hydrogens is 275 g/mol. The Bertz CT molecular complexity index is 613. The lowest BCUT2D eigenvalue weighted by Gasteiger charge is -2.19. The molecule has 2 aromatic carbocycles. The van der Waals surface area contributed by atoms with E-state index in [0.29, 0.717) is 12.0 Å². The van der Waals surface area contributed by atoms with E-state index < -0.39 is 0 Å². The molecule has 3 N–H and O–H groups in total. The molecule has 0 saturated heterocycles. The van der Waals surface area contributed by atoms with Crippen LogP contribution >= 0.6 is 11.6 Å². The number of hydrogen-bond donors (Lipinski definition) is 2. The summed E-state index contributed by atoms with van der Waals surface area (Å²) in [5, 5.41) is 0.138. The molecule has 2 rings (SSSR count). The zero-order chi connectivity index (χ0) is 14.7. The summed E-state index contributed by atoms with van der Waals surface area (Å²) < 4.78 is 14.0. The maximum atomic E-state index is 14.0. The summed E-state index contributed by atoms with van der Waals surface area (Å²) in [6.07, 6.45) is 0.451. The molecule has 0 amide bonds. The van der Waals surface area contributed by atoms with E-state index in [1.54, 1.807) is 18.2 Å². The highest BCUT2D eigenvalue weighted by atomic mass is 35.5. The number of halogens is 2. The van der Waals surface area contributed by atoms with Crippen LogP contribution < -0.4 is 11.3 Å². The third kappa shape index (κ3) is 3.18. The van der Waals surface area contributed by atoms with Gasteiger partial charge >= 0.3 is 0 Å². The number of nitrogens with one attached hydrogen (secondary N) is 1. The predicted octanol–water partition coefficient (Wildman–Crippen LogP) is 3.84. The Morgan fingerprint density at radius 2 is 2.00 bits per heavy atom. The third-order valence-electron chi connectivity index (χ3n) is 3.46. The SMILES string of the molecule is Cc1ccc(C(Cc2cccc(Cl)c2F)NN)c(C)c1. The van der Waals surface area contributed by atoms with Crippen LogP contribution in [0.1, 0.15) is 28.3 Å². The maximum Gasteiger partial charge on any atom is 0.145 e. The van der Waals surface area contributed by atoms with Crippen LogP contribution in [-0.2, 0) is 6.42 Å². The molecule has 0 bridgehead atoms. The van der Waals surface area contributed by atoms with Gasteiger partial charge in [-0.2, -0.15) is 0 Å². The molecule has 0 aliphatic carbocycles. The summed E-state index contributed by atoms with van der Waals surface area (Å²) in [5.41, 5.74) is 6.71. The van der Waals surface area contributed by atoms with Crippen molar-refractivity contribution < 1.29 is 4.39 Å². The lowest BCUT2D eigenvalue weighted by Crippen LogP contribution is -2.30. The van der Waals surface area contributed by atoms with Gasteiger partial charge in [0.15, 0.2) is 0 Å². The van der Waals surface area contributed by atoms with Crippen molar-refractivity contribution in [2.45, 2.75) is 26.3 Å². The Labute approximate surface area is 123 Å². The van der Waals surface area contributed by atoms with Crippen LogP contribution in [0.25, 0.3) is 0 Å². The fraction of sp³-hybridized carbons (Fsp3) is 0.250. The highest BCUT2D eigenvalue weighted by Gasteiger charge is 2.16. The second-order valence-corrected chi connectivity index (χ2v) is 5.40. The Hall–Kier alpha value is -1.42. The zero-order valence-electron chi connectivity index (χ0n) is 11.6. The molecule has 0 aromatic heterocycles. The summed E-state index contributed by atoms with van der Waals surface area (Å²) in [7, 11) is 0. The van der Waals surface area contributed by atoms with Gasteiger partial charge in [-0.1, -0.05) is 47.5 Å². The normalized spacial score (nSPS) is 12.4. The van der Waals surface area contributed by atoms with Crippen molar-refractivity contribution in [1.82, 2.24) is 5.43 Å². The monoisotopic (exact) mass is 292 g/mol. The van der Waals surface area contributed by atoms with E-state index in [1.807, 2.05) is 26.0 Å². The zero-order valence-corrected chi connectivity index (χ0v) is 12.3. The van der Waals surface area contributed by atoms with Crippen LogP contribution in [0.5, 0.6) is 0 Å². The van der Waals surface area contributed by atoms with Gasteiger partial charge in [0.05, 0.1) is 11.1 Å². The van der Waals surface area contributed by atoms with Gasteiger partial charge in [0, 0.05) is 0 Å². The molecule has 4 heteroatoms. The van der Waals surface area contributed by atoms with E-state index in [4.69, 9.17) is 17.4 Å². The lowest BCUT2D eigenvalue weighted by atomic mass is 9.94. The predicted molar refractivity (Wildman–Crippen MR) is 81.1 cm³/mol. The van der Waals surface area contributed by atoms with Gasteiger partial charge in [-0.25, -0.2) is 4.39 Å². The van der Waals surface area contributed by atoms with Gasteiger partial charge in [0.2, 0.25) is 0 Å². The number of rotatable bonds is 4. The van der Waals surface area contributed by atoms with Crippen LogP contribution in [0.3, 0.4) is 0 Å². The van der Waals surface area contributed by atoms with Crippen LogP contribution in [0.15, 0.2) is 36.4 Å². The van der Waals surface area contributed by atoms with Crippen LogP contribution in [0.4, 0.5) is 4.39 Å². The quantitative estimate of drug-likeness (QED) is 0.664. The molecule has 1 atom stereocenters. The minimum Gasteiger partial charge on any atom is -0.271 e. The maximum absolute atomic E-state index is 14.0. The Balaban J connectivity index is 2.31. The largest absolute Gasteiger partial charge is 0.271 e. The topological polar surface area (TPSA) is 38.0 Å². The number of aryl methyl sites for hydroxylation is 2. The molecule has 0 fully saturated rings. The van der Waals surface area contributed by atoms with E-state index >= 15 is 0 Å². The van der Waals surface area contributed by atoms with E-state index in [1.165, 1.54) is 5.56 Å². The van der Waals surface area contributed by atoms with Crippen LogP contribution in [-0.4, -0.2) is 0 Å². The summed E-state index contributed by atoms with van der Waals surface area (Å²) in [4.78, 5) is 0. The summed E-state index contributed by atoms with van der Waals surface area (Å²) in [6, 6.07) is 11.0.